The summed E-state index contributed by atoms with van der Waals surface area (Å²) < 4.78 is 0. The number of hydrogen-bond donors (Lipinski definition) is 1. The van der Waals surface area contributed by atoms with Crippen LogP contribution in [0.3, 0.4) is 0 Å². The van der Waals surface area contributed by atoms with E-state index in [-0.39, 0.29) is 6.42 Å². The zero-order chi connectivity index (χ0) is 19.1. The van der Waals surface area contributed by atoms with Gasteiger partial charge < -0.3 is 5.11 Å². The molecule has 0 spiro atoms. The van der Waals surface area contributed by atoms with Crippen molar-refractivity contribution in [1.82, 2.24) is 0 Å². The largest absolute Gasteiger partial charge is 0.393 e. The van der Waals surface area contributed by atoms with E-state index >= 15 is 0 Å². The average molecular weight is 368 g/mol. The predicted octanol–water partition coefficient (Wildman–Crippen LogP) is 7.67. The molecule has 1 N–H and O–H groups in total. The van der Waals surface area contributed by atoms with Crippen molar-refractivity contribution in [3.8, 4) is 0 Å². The third kappa shape index (κ3) is 21.7. The molecule has 0 rings (SSSR count). The summed E-state index contributed by atoms with van der Waals surface area (Å²) in [5.74, 6) is 0. The molecule has 0 saturated heterocycles. The number of carbonyl (C=O) groups excluding carboxylic acids is 1. The highest BCUT2D eigenvalue weighted by Gasteiger charge is 2.02. The predicted molar refractivity (Wildman–Crippen MR) is 114 cm³/mol. The highest BCUT2D eigenvalue weighted by molar-refractivity contribution is 5.51. The number of unbranched alkanes of at least 4 members (excludes halogenated alkanes) is 18. The molecule has 26 heavy (non-hydrogen) atoms. The first-order valence-corrected chi connectivity index (χ1v) is 11.8. The molecule has 1 atom stereocenters. The van der Waals surface area contributed by atoms with E-state index in [2.05, 4.69) is 6.92 Å². The van der Waals surface area contributed by atoms with Crippen LogP contribution < -0.4 is 0 Å². The van der Waals surface area contributed by atoms with Crippen LogP contribution in [0.5, 0.6) is 0 Å². The Hall–Kier alpha value is -0.370. The van der Waals surface area contributed by atoms with Crippen molar-refractivity contribution in [2.24, 2.45) is 0 Å². The Bertz CT molecular complexity index is 265. The fraction of sp³-hybridized carbons (Fsp3) is 0.958. The van der Waals surface area contributed by atoms with E-state index in [0.29, 0.717) is 0 Å². The number of rotatable bonds is 22. The molecule has 0 aliphatic rings. The minimum Gasteiger partial charge on any atom is -0.393 e. The smallest absolute Gasteiger partial charge is 0.201 e. The minimum absolute atomic E-state index is 0.180. The quantitative estimate of drug-likeness (QED) is 0.199. The van der Waals surface area contributed by atoms with E-state index in [1.807, 2.05) is 0 Å². The van der Waals surface area contributed by atoms with Crippen molar-refractivity contribution < 1.29 is 9.90 Å². The van der Waals surface area contributed by atoms with Gasteiger partial charge in [0, 0.05) is 6.42 Å². The molecule has 0 heterocycles. The molecular formula is C24H47O2. The zero-order valence-electron chi connectivity index (χ0n) is 17.8. The second-order valence-corrected chi connectivity index (χ2v) is 8.15. The van der Waals surface area contributed by atoms with Crippen molar-refractivity contribution in [1.29, 1.82) is 0 Å². The second kappa shape index (κ2) is 22.7. The van der Waals surface area contributed by atoms with Crippen LogP contribution in [0.2, 0.25) is 0 Å². The summed E-state index contributed by atoms with van der Waals surface area (Å²) in [6.07, 6.45) is 28.5. The standard InChI is InChI=1S/C24H47O2/c1-2-3-4-5-6-7-8-9-10-11-12-13-14-15-16-17-18-19-20-21-24(26)22-23-25/h24,26H,2-22H2,1H3. The van der Waals surface area contributed by atoms with Crippen molar-refractivity contribution in [2.75, 3.05) is 0 Å². The Morgan fingerprint density at radius 3 is 1.19 bits per heavy atom. The number of aliphatic hydroxyl groups excluding tert-OH is 1. The van der Waals surface area contributed by atoms with E-state index in [4.69, 9.17) is 0 Å². The first kappa shape index (κ1) is 25.6. The molecule has 155 valence electrons. The van der Waals surface area contributed by atoms with Crippen molar-refractivity contribution in [3.05, 3.63) is 0 Å². The van der Waals surface area contributed by atoms with Crippen LogP contribution in [-0.2, 0) is 4.79 Å². The molecule has 0 aromatic carbocycles. The molecule has 2 nitrogen and oxygen atoms in total. The maximum absolute atomic E-state index is 10.1. The maximum atomic E-state index is 10.1. The Morgan fingerprint density at radius 2 is 0.885 bits per heavy atom. The second-order valence-electron chi connectivity index (χ2n) is 8.15. The van der Waals surface area contributed by atoms with Gasteiger partial charge in [0.15, 0.2) is 0 Å². The summed E-state index contributed by atoms with van der Waals surface area (Å²) in [6, 6.07) is 0. The fourth-order valence-corrected chi connectivity index (χ4v) is 3.66. The Labute approximate surface area is 164 Å². The van der Waals surface area contributed by atoms with Gasteiger partial charge in [-0.2, -0.15) is 0 Å². The average Bonchev–Trinajstić information content (AvgIpc) is 2.64. The van der Waals surface area contributed by atoms with E-state index in [9.17, 15) is 9.90 Å². The van der Waals surface area contributed by atoms with Crippen LogP contribution in [-0.4, -0.2) is 17.5 Å². The lowest BCUT2D eigenvalue weighted by atomic mass is 10.0. The zero-order valence-corrected chi connectivity index (χ0v) is 17.8. The summed E-state index contributed by atoms with van der Waals surface area (Å²) in [5.41, 5.74) is 0. The SMILES string of the molecule is CCCCCCCCCCCCCCCCCCCCCC(O)C[C]=O. The van der Waals surface area contributed by atoms with Gasteiger partial charge >= 0.3 is 0 Å². The minimum atomic E-state index is -0.460. The summed E-state index contributed by atoms with van der Waals surface area (Å²) in [4.78, 5) is 10.1. The van der Waals surface area contributed by atoms with Crippen LogP contribution in [0.1, 0.15) is 142 Å². The first-order chi connectivity index (χ1) is 12.8. The van der Waals surface area contributed by atoms with Crippen molar-refractivity contribution in [2.45, 2.75) is 148 Å². The molecule has 0 saturated carbocycles. The van der Waals surface area contributed by atoms with Gasteiger partial charge in [0.1, 0.15) is 0 Å². The van der Waals surface area contributed by atoms with Gasteiger partial charge in [0.2, 0.25) is 6.29 Å². The van der Waals surface area contributed by atoms with Gasteiger partial charge in [0.25, 0.3) is 0 Å². The van der Waals surface area contributed by atoms with Gasteiger partial charge in [-0.15, -0.1) is 0 Å². The highest BCUT2D eigenvalue weighted by atomic mass is 16.3. The van der Waals surface area contributed by atoms with Gasteiger partial charge in [-0.25, -0.2) is 0 Å². The molecule has 0 aromatic heterocycles. The van der Waals surface area contributed by atoms with E-state index in [1.165, 1.54) is 116 Å². The molecular weight excluding hydrogens is 320 g/mol. The third-order valence-electron chi connectivity index (χ3n) is 5.46. The molecule has 0 aliphatic heterocycles. The summed E-state index contributed by atoms with van der Waals surface area (Å²) in [7, 11) is 0. The summed E-state index contributed by atoms with van der Waals surface area (Å²) in [6.45, 7) is 2.29. The lowest BCUT2D eigenvalue weighted by Gasteiger charge is -2.06. The Balaban J connectivity index is 3.02. The fourth-order valence-electron chi connectivity index (χ4n) is 3.66. The summed E-state index contributed by atoms with van der Waals surface area (Å²) >= 11 is 0. The molecule has 0 aromatic rings. The lowest BCUT2D eigenvalue weighted by molar-refractivity contribution is 0.167. The van der Waals surface area contributed by atoms with Crippen LogP contribution in [0.4, 0.5) is 0 Å². The maximum Gasteiger partial charge on any atom is 0.201 e. The van der Waals surface area contributed by atoms with Gasteiger partial charge in [-0.05, 0) is 6.42 Å². The molecule has 1 unspecified atom stereocenters. The van der Waals surface area contributed by atoms with Gasteiger partial charge in [0.05, 0.1) is 6.10 Å². The topological polar surface area (TPSA) is 37.3 Å². The highest BCUT2D eigenvalue weighted by Crippen LogP contribution is 2.15. The molecule has 0 bridgehead atoms. The van der Waals surface area contributed by atoms with E-state index in [1.54, 1.807) is 6.29 Å². The normalized spacial score (nSPS) is 12.4. The molecule has 1 radical (unpaired) electrons. The first-order valence-electron chi connectivity index (χ1n) is 11.8. The van der Waals surface area contributed by atoms with Gasteiger partial charge in [-0.3, -0.25) is 4.79 Å². The molecule has 0 fully saturated rings. The third-order valence-corrected chi connectivity index (χ3v) is 5.46. The van der Waals surface area contributed by atoms with Crippen LogP contribution in [0.25, 0.3) is 0 Å². The monoisotopic (exact) mass is 367 g/mol. The van der Waals surface area contributed by atoms with Crippen LogP contribution >= 0.6 is 0 Å². The number of hydrogen-bond acceptors (Lipinski definition) is 2. The van der Waals surface area contributed by atoms with Crippen LogP contribution in [0, 0.1) is 0 Å². The van der Waals surface area contributed by atoms with Crippen molar-refractivity contribution in [3.63, 3.8) is 0 Å². The van der Waals surface area contributed by atoms with Crippen LogP contribution in [0.15, 0.2) is 0 Å². The van der Waals surface area contributed by atoms with Crippen molar-refractivity contribution >= 4 is 6.29 Å². The van der Waals surface area contributed by atoms with E-state index in [0.717, 1.165) is 12.8 Å². The van der Waals surface area contributed by atoms with E-state index < -0.39 is 6.10 Å². The molecule has 0 amide bonds. The molecule has 2 heteroatoms. The Morgan fingerprint density at radius 1 is 0.577 bits per heavy atom. The van der Waals surface area contributed by atoms with Gasteiger partial charge in [-0.1, -0.05) is 129 Å². The summed E-state index contributed by atoms with van der Waals surface area (Å²) in [5, 5.41) is 9.43. The Kier molecular flexibility index (Phi) is 22.3. The number of aliphatic hydroxyl groups is 1. The lowest BCUT2D eigenvalue weighted by Crippen LogP contribution is -2.06. The molecule has 0 aliphatic carbocycles.